The van der Waals surface area contributed by atoms with Gasteiger partial charge in [-0.25, -0.2) is 0 Å². The Morgan fingerprint density at radius 1 is 1.11 bits per heavy atom. The lowest BCUT2D eigenvalue weighted by atomic mass is 10.0. The van der Waals surface area contributed by atoms with Gasteiger partial charge in [-0.1, -0.05) is 57.3 Å². The summed E-state index contributed by atoms with van der Waals surface area (Å²) in [6.07, 6.45) is -0.221. The molecule has 0 aromatic heterocycles. The molecule has 19 heavy (non-hydrogen) atoms. The predicted molar refractivity (Wildman–Crippen MR) is 84.0 cm³/mol. The van der Waals surface area contributed by atoms with E-state index in [1.165, 1.54) is 0 Å². The first-order valence-electron chi connectivity index (χ1n) is 5.85. The fourth-order valence-electron chi connectivity index (χ4n) is 1.91. The van der Waals surface area contributed by atoms with E-state index < -0.39 is 6.10 Å². The van der Waals surface area contributed by atoms with E-state index in [1.807, 2.05) is 37.3 Å². The second kappa shape index (κ2) is 6.27. The Hall–Kier alpha value is -0.540. The lowest BCUT2D eigenvalue weighted by Crippen LogP contribution is -2.03. The Morgan fingerprint density at radius 3 is 2.47 bits per heavy atom. The number of aliphatic hydroxyl groups is 1. The van der Waals surface area contributed by atoms with Gasteiger partial charge in [0.2, 0.25) is 0 Å². The molecule has 0 saturated carbocycles. The average molecular weight is 360 g/mol. The molecule has 100 valence electrons. The fraction of sp³-hybridized carbons (Fsp3) is 0.200. The summed E-state index contributed by atoms with van der Waals surface area (Å²) < 4.78 is 0.891. The number of rotatable bonds is 3. The second-order valence-corrected chi connectivity index (χ2v) is 6.21. The highest BCUT2D eigenvalue weighted by Crippen LogP contribution is 2.30. The highest BCUT2D eigenvalue weighted by Gasteiger charge is 2.14. The molecule has 0 amide bonds. The van der Waals surface area contributed by atoms with Gasteiger partial charge in [0.25, 0.3) is 0 Å². The van der Waals surface area contributed by atoms with Crippen molar-refractivity contribution in [3.8, 4) is 0 Å². The third kappa shape index (κ3) is 3.73. The molecule has 1 nitrogen and oxygen atoms in total. The van der Waals surface area contributed by atoms with Crippen LogP contribution in [0, 0.1) is 6.92 Å². The maximum Gasteiger partial charge on any atom is 0.0845 e. The summed E-state index contributed by atoms with van der Waals surface area (Å²) in [4.78, 5) is 0. The third-order valence-corrected chi connectivity index (χ3v) is 4.12. The smallest absolute Gasteiger partial charge is 0.0845 e. The topological polar surface area (TPSA) is 20.2 Å². The van der Waals surface area contributed by atoms with E-state index in [0.29, 0.717) is 22.0 Å². The van der Waals surface area contributed by atoms with Crippen molar-refractivity contribution in [3.05, 3.63) is 67.6 Å². The zero-order valence-corrected chi connectivity index (χ0v) is 13.4. The normalized spacial score (nSPS) is 12.5. The van der Waals surface area contributed by atoms with Gasteiger partial charge in [-0.05, 0) is 41.8 Å². The fourth-order valence-corrected chi connectivity index (χ4v) is 3.02. The summed E-state index contributed by atoms with van der Waals surface area (Å²) in [5.74, 6) is 0. The molecule has 0 heterocycles. The van der Waals surface area contributed by atoms with Crippen LogP contribution in [0.2, 0.25) is 10.0 Å². The van der Waals surface area contributed by atoms with Crippen molar-refractivity contribution in [1.82, 2.24) is 0 Å². The molecular formula is C15H13BrCl2O. The van der Waals surface area contributed by atoms with Crippen LogP contribution in [0.25, 0.3) is 0 Å². The SMILES string of the molecule is Cc1ccc(CC(O)c2ccc(Br)cc2Cl)c(Cl)c1. The monoisotopic (exact) mass is 358 g/mol. The van der Waals surface area contributed by atoms with Crippen LogP contribution in [0.1, 0.15) is 22.8 Å². The number of hydrogen-bond acceptors (Lipinski definition) is 1. The van der Waals surface area contributed by atoms with E-state index in [1.54, 1.807) is 6.07 Å². The molecule has 0 aliphatic carbocycles. The first-order chi connectivity index (χ1) is 8.97. The zero-order valence-electron chi connectivity index (χ0n) is 10.3. The molecule has 1 unspecified atom stereocenters. The van der Waals surface area contributed by atoms with E-state index in [-0.39, 0.29) is 0 Å². The van der Waals surface area contributed by atoms with E-state index in [2.05, 4.69) is 15.9 Å². The van der Waals surface area contributed by atoms with Gasteiger partial charge in [-0.2, -0.15) is 0 Å². The molecule has 0 saturated heterocycles. The summed E-state index contributed by atoms with van der Waals surface area (Å²) in [7, 11) is 0. The number of aryl methyl sites for hydroxylation is 1. The summed E-state index contributed by atoms with van der Waals surface area (Å²) >= 11 is 15.7. The van der Waals surface area contributed by atoms with E-state index in [4.69, 9.17) is 23.2 Å². The van der Waals surface area contributed by atoms with Gasteiger partial charge in [0.15, 0.2) is 0 Å². The van der Waals surface area contributed by atoms with E-state index >= 15 is 0 Å². The highest BCUT2D eigenvalue weighted by molar-refractivity contribution is 9.10. The first kappa shape index (κ1) is 14.9. The van der Waals surface area contributed by atoms with Crippen molar-refractivity contribution >= 4 is 39.1 Å². The lowest BCUT2D eigenvalue weighted by molar-refractivity contribution is 0.178. The molecule has 2 aromatic carbocycles. The van der Waals surface area contributed by atoms with Gasteiger partial charge in [-0.3, -0.25) is 0 Å². The Labute approximate surface area is 131 Å². The number of hydrogen-bond donors (Lipinski definition) is 1. The van der Waals surface area contributed by atoms with Gasteiger partial charge in [0, 0.05) is 20.9 Å². The Kier molecular flexibility index (Phi) is 4.91. The van der Waals surface area contributed by atoms with Gasteiger partial charge >= 0.3 is 0 Å². The maximum atomic E-state index is 10.3. The lowest BCUT2D eigenvalue weighted by Gasteiger charge is -2.14. The maximum absolute atomic E-state index is 10.3. The molecular weight excluding hydrogens is 347 g/mol. The molecule has 2 rings (SSSR count). The van der Waals surface area contributed by atoms with Crippen LogP contribution >= 0.6 is 39.1 Å². The average Bonchev–Trinajstić information content (AvgIpc) is 2.32. The van der Waals surface area contributed by atoms with Crippen LogP contribution < -0.4 is 0 Å². The Morgan fingerprint density at radius 2 is 1.84 bits per heavy atom. The quantitative estimate of drug-likeness (QED) is 0.784. The number of halogens is 3. The van der Waals surface area contributed by atoms with Crippen LogP contribution in [0.4, 0.5) is 0 Å². The Bertz CT molecular complexity index is 599. The number of benzene rings is 2. The van der Waals surface area contributed by atoms with Crippen molar-refractivity contribution in [1.29, 1.82) is 0 Å². The molecule has 0 aliphatic heterocycles. The second-order valence-electron chi connectivity index (χ2n) is 4.48. The van der Waals surface area contributed by atoms with Crippen LogP contribution in [-0.2, 0) is 6.42 Å². The summed E-state index contributed by atoms with van der Waals surface area (Å²) in [6.45, 7) is 1.98. The van der Waals surface area contributed by atoms with Crippen molar-refractivity contribution in [2.24, 2.45) is 0 Å². The van der Waals surface area contributed by atoms with Crippen molar-refractivity contribution in [2.45, 2.75) is 19.4 Å². The van der Waals surface area contributed by atoms with Crippen LogP contribution in [0.3, 0.4) is 0 Å². The Balaban J connectivity index is 2.23. The van der Waals surface area contributed by atoms with Crippen LogP contribution in [0.15, 0.2) is 40.9 Å². The predicted octanol–water partition coefficient (Wildman–Crippen LogP) is 5.34. The minimum Gasteiger partial charge on any atom is -0.388 e. The molecule has 0 aliphatic rings. The molecule has 0 fully saturated rings. The number of aliphatic hydroxyl groups excluding tert-OH is 1. The van der Waals surface area contributed by atoms with E-state index in [9.17, 15) is 5.11 Å². The summed E-state index contributed by atoms with van der Waals surface area (Å²) in [6, 6.07) is 11.3. The van der Waals surface area contributed by atoms with Crippen molar-refractivity contribution in [2.75, 3.05) is 0 Å². The molecule has 0 bridgehead atoms. The van der Waals surface area contributed by atoms with Crippen LogP contribution in [0.5, 0.6) is 0 Å². The molecule has 2 aromatic rings. The standard InChI is InChI=1S/C15H13BrCl2O/c1-9-2-3-10(13(17)6-9)7-15(19)12-5-4-11(16)8-14(12)18/h2-6,8,15,19H,7H2,1H3. The minimum atomic E-state index is -0.666. The van der Waals surface area contributed by atoms with Gasteiger partial charge in [0.05, 0.1) is 6.10 Å². The van der Waals surface area contributed by atoms with Gasteiger partial charge in [-0.15, -0.1) is 0 Å². The van der Waals surface area contributed by atoms with E-state index in [0.717, 1.165) is 15.6 Å². The molecule has 1 N–H and O–H groups in total. The molecule has 1 atom stereocenters. The van der Waals surface area contributed by atoms with Crippen molar-refractivity contribution in [3.63, 3.8) is 0 Å². The van der Waals surface area contributed by atoms with Gasteiger partial charge < -0.3 is 5.11 Å². The van der Waals surface area contributed by atoms with Gasteiger partial charge in [0.1, 0.15) is 0 Å². The molecule has 0 spiro atoms. The zero-order chi connectivity index (χ0) is 14.0. The summed E-state index contributed by atoms with van der Waals surface area (Å²) in [5.41, 5.74) is 2.73. The summed E-state index contributed by atoms with van der Waals surface area (Å²) in [5, 5.41) is 11.5. The van der Waals surface area contributed by atoms with Crippen LogP contribution in [-0.4, -0.2) is 5.11 Å². The highest BCUT2D eigenvalue weighted by atomic mass is 79.9. The third-order valence-electron chi connectivity index (χ3n) is 2.94. The molecule has 0 radical (unpaired) electrons. The van der Waals surface area contributed by atoms with Crippen molar-refractivity contribution < 1.29 is 5.11 Å². The largest absolute Gasteiger partial charge is 0.388 e. The molecule has 4 heteroatoms. The minimum absolute atomic E-state index is 0.445. The first-order valence-corrected chi connectivity index (χ1v) is 7.40.